The van der Waals surface area contributed by atoms with Gasteiger partial charge in [-0.3, -0.25) is 0 Å². The Morgan fingerprint density at radius 3 is 2.86 bits per heavy atom. The molecule has 0 radical (unpaired) electrons. The predicted octanol–water partition coefficient (Wildman–Crippen LogP) is 2.79. The van der Waals surface area contributed by atoms with Crippen molar-refractivity contribution in [1.82, 2.24) is 0 Å². The summed E-state index contributed by atoms with van der Waals surface area (Å²) in [6.07, 6.45) is 0.769. The van der Waals surface area contributed by atoms with Crippen LogP contribution in [0.25, 0.3) is 0 Å². The van der Waals surface area contributed by atoms with Crippen LogP contribution in [-0.2, 0) is 0 Å². The molecule has 4 heteroatoms. The second kappa shape index (κ2) is 5.49. The van der Waals surface area contributed by atoms with E-state index >= 15 is 0 Å². The van der Waals surface area contributed by atoms with Crippen LogP contribution in [0.15, 0.2) is 23.1 Å². The minimum atomic E-state index is 0.209. The first-order valence-electron chi connectivity index (χ1n) is 4.46. The molecule has 1 aromatic rings. The minimum absolute atomic E-state index is 0.209. The number of halogens is 1. The lowest BCUT2D eigenvalue weighted by atomic mass is 10.3. The second-order valence-corrected chi connectivity index (χ2v) is 5.02. The summed E-state index contributed by atoms with van der Waals surface area (Å²) in [7, 11) is 0. The van der Waals surface area contributed by atoms with Gasteiger partial charge in [-0.15, -0.1) is 11.8 Å². The van der Waals surface area contributed by atoms with E-state index in [-0.39, 0.29) is 6.61 Å². The molecule has 0 saturated carbocycles. The first-order valence-corrected chi connectivity index (χ1v) is 5.71. The highest BCUT2D eigenvalue weighted by molar-refractivity contribution is 8.00. The van der Waals surface area contributed by atoms with Gasteiger partial charge < -0.3 is 10.8 Å². The molecule has 0 aliphatic rings. The summed E-state index contributed by atoms with van der Waals surface area (Å²) in [4.78, 5) is 1.02. The first-order chi connectivity index (χ1) is 6.63. The molecule has 1 aromatic carbocycles. The third kappa shape index (κ3) is 3.40. The van der Waals surface area contributed by atoms with Crippen molar-refractivity contribution in [3.8, 4) is 0 Å². The van der Waals surface area contributed by atoms with Crippen molar-refractivity contribution < 1.29 is 5.11 Å². The average molecular weight is 232 g/mol. The van der Waals surface area contributed by atoms with Crippen molar-refractivity contribution in [3.05, 3.63) is 23.2 Å². The van der Waals surface area contributed by atoms with Crippen LogP contribution in [0.2, 0.25) is 5.02 Å². The van der Waals surface area contributed by atoms with Crippen molar-refractivity contribution in [2.24, 2.45) is 0 Å². The van der Waals surface area contributed by atoms with Crippen LogP contribution in [0.1, 0.15) is 13.3 Å². The predicted molar refractivity (Wildman–Crippen MR) is 62.9 cm³/mol. The van der Waals surface area contributed by atoms with Crippen LogP contribution < -0.4 is 5.73 Å². The van der Waals surface area contributed by atoms with Crippen molar-refractivity contribution in [3.63, 3.8) is 0 Å². The van der Waals surface area contributed by atoms with Crippen LogP contribution in [0.4, 0.5) is 5.69 Å². The van der Waals surface area contributed by atoms with Crippen LogP contribution in [0.3, 0.4) is 0 Å². The van der Waals surface area contributed by atoms with Crippen molar-refractivity contribution in [2.75, 3.05) is 12.3 Å². The summed E-state index contributed by atoms with van der Waals surface area (Å²) in [5.74, 6) is 0. The fraction of sp³-hybridized carbons (Fsp3) is 0.400. The molecule has 14 heavy (non-hydrogen) atoms. The number of anilines is 1. The molecule has 0 aliphatic heterocycles. The van der Waals surface area contributed by atoms with Gasteiger partial charge in [0.2, 0.25) is 0 Å². The van der Waals surface area contributed by atoms with Crippen molar-refractivity contribution in [1.29, 1.82) is 0 Å². The summed E-state index contributed by atoms with van der Waals surface area (Å²) in [5, 5.41) is 9.80. The molecule has 0 spiro atoms. The normalized spacial score (nSPS) is 12.8. The fourth-order valence-corrected chi connectivity index (χ4v) is 2.37. The highest BCUT2D eigenvalue weighted by Gasteiger charge is 2.07. The number of rotatable bonds is 4. The molecule has 3 N–H and O–H groups in total. The van der Waals surface area contributed by atoms with E-state index in [4.69, 9.17) is 22.4 Å². The fourth-order valence-electron chi connectivity index (χ4n) is 1.07. The quantitative estimate of drug-likeness (QED) is 0.619. The van der Waals surface area contributed by atoms with Gasteiger partial charge in [-0.05, 0) is 24.6 Å². The number of benzene rings is 1. The smallest absolute Gasteiger partial charge is 0.0562 e. The maximum atomic E-state index is 8.76. The molecule has 0 saturated heterocycles. The molecular weight excluding hydrogens is 218 g/mol. The summed E-state index contributed by atoms with van der Waals surface area (Å²) in [6.45, 7) is 2.27. The number of hydrogen-bond acceptors (Lipinski definition) is 3. The number of thioether (sulfide) groups is 1. The van der Waals surface area contributed by atoms with Gasteiger partial charge in [-0.25, -0.2) is 0 Å². The molecule has 0 bridgehead atoms. The second-order valence-electron chi connectivity index (χ2n) is 3.13. The number of nitrogens with two attached hydrogens (primary N) is 1. The lowest BCUT2D eigenvalue weighted by Gasteiger charge is -2.10. The van der Waals surface area contributed by atoms with Gasteiger partial charge in [-0.2, -0.15) is 0 Å². The van der Waals surface area contributed by atoms with Gasteiger partial charge in [0.25, 0.3) is 0 Å². The highest BCUT2D eigenvalue weighted by atomic mass is 35.5. The van der Waals surface area contributed by atoms with Gasteiger partial charge in [0.05, 0.1) is 5.02 Å². The van der Waals surface area contributed by atoms with Gasteiger partial charge in [0.15, 0.2) is 0 Å². The molecule has 0 fully saturated rings. The monoisotopic (exact) mass is 231 g/mol. The molecule has 1 atom stereocenters. The maximum Gasteiger partial charge on any atom is 0.0562 e. The van der Waals surface area contributed by atoms with E-state index in [1.807, 2.05) is 12.1 Å². The zero-order chi connectivity index (χ0) is 10.6. The third-order valence-corrected chi connectivity index (χ3v) is 3.49. The zero-order valence-corrected chi connectivity index (χ0v) is 9.61. The number of aliphatic hydroxyl groups excluding tert-OH is 1. The van der Waals surface area contributed by atoms with Crippen LogP contribution >= 0.6 is 23.4 Å². The SMILES string of the molecule is CC(CCO)Sc1ccc(N)cc1Cl. The third-order valence-electron chi connectivity index (χ3n) is 1.82. The lowest BCUT2D eigenvalue weighted by Crippen LogP contribution is -1.99. The topological polar surface area (TPSA) is 46.2 Å². The Balaban J connectivity index is 2.67. The van der Waals surface area contributed by atoms with Gasteiger partial charge in [0.1, 0.15) is 0 Å². The van der Waals surface area contributed by atoms with E-state index in [1.165, 1.54) is 0 Å². The maximum absolute atomic E-state index is 8.76. The Morgan fingerprint density at radius 2 is 2.29 bits per heavy atom. The molecule has 0 aromatic heterocycles. The van der Waals surface area contributed by atoms with E-state index < -0.39 is 0 Å². The van der Waals surface area contributed by atoms with Crippen molar-refractivity contribution >= 4 is 29.1 Å². The standard InChI is InChI=1S/C10H14ClNOS/c1-7(4-5-13)14-10-3-2-8(12)6-9(10)11/h2-3,6-7,13H,4-5,12H2,1H3. The minimum Gasteiger partial charge on any atom is -0.399 e. The Bertz CT molecular complexity index is 306. The zero-order valence-electron chi connectivity index (χ0n) is 8.03. The number of nitrogen functional groups attached to an aromatic ring is 1. The summed E-state index contributed by atoms with van der Waals surface area (Å²) >= 11 is 7.67. The Hall–Kier alpha value is -0.380. The van der Waals surface area contributed by atoms with Gasteiger partial charge in [-0.1, -0.05) is 18.5 Å². The Morgan fingerprint density at radius 1 is 1.57 bits per heavy atom. The largest absolute Gasteiger partial charge is 0.399 e. The van der Waals surface area contributed by atoms with Crippen LogP contribution in [-0.4, -0.2) is 17.0 Å². The van der Waals surface area contributed by atoms with E-state index in [2.05, 4.69) is 6.92 Å². The Labute approximate surface area is 93.5 Å². The Kier molecular flexibility index (Phi) is 4.58. The van der Waals surface area contributed by atoms with Gasteiger partial charge in [0, 0.05) is 22.4 Å². The van der Waals surface area contributed by atoms with Crippen LogP contribution in [0, 0.1) is 0 Å². The summed E-state index contributed by atoms with van der Waals surface area (Å²) in [5.41, 5.74) is 6.26. The van der Waals surface area contributed by atoms with Crippen molar-refractivity contribution in [2.45, 2.75) is 23.5 Å². The average Bonchev–Trinajstić information content (AvgIpc) is 2.10. The first kappa shape index (κ1) is 11.7. The summed E-state index contributed by atoms with van der Waals surface area (Å²) in [6, 6.07) is 5.49. The molecule has 0 amide bonds. The molecule has 78 valence electrons. The number of hydrogen-bond donors (Lipinski definition) is 2. The van der Waals surface area contributed by atoms with E-state index in [0.29, 0.717) is 16.0 Å². The van der Waals surface area contributed by atoms with E-state index in [0.717, 1.165) is 11.3 Å². The molecule has 1 unspecified atom stereocenters. The van der Waals surface area contributed by atoms with E-state index in [9.17, 15) is 0 Å². The molecular formula is C10H14ClNOS. The molecule has 2 nitrogen and oxygen atoms in total. The lowest BCUT2D eigenvalue weighted by molar-refractivity contribution is 0.289. The molecule has 1 rings (SSSR count). The number of aliphatic hydroxyl groups is 1. The van der Waals surface area contributed by atoms with E-state index in [1.54, 1.807) is 17.8 Å². The summed E-state index contributed by atoms with van der Waals surface area (Å²) < 4.78 is 0. The molecule has 0 heterocycles. The molecule has 0 aliphatic carbocycles. The van der Waals surface area contributed by atoms with Crippen LogP contribution in [0.5, 0.6) is 0 Å². The van der Waals surface area contributed by atoms with Gasteiger partial charge >= 0.3 is 0 Å². The highest BCUT2D eigenvalue weighted by Crippen LogP contribution is 2.32.